The van der Waals surface area contributed by atoms with E-state index in [1.54, 1.807) is 0 Å². The number of aliphatic carboxylic acids is 6. The zero-order valence-corrected chi connectivity index (χ0v) is 12.5. The molecule has 0 aliphatic heterocycles. The minimum Gasteiger partial charge on any atom is -0.543 e. The number of carboxylic acids is 6. The number of rotatable bonds is 0. The van der Waals surface area contributed by atoms with Crippen LogP contribution in [0.15, 0.2) is 0 Å². The summed E-state index contributed by atoms with van der Waals surface area (Å²) in [5.41, 5.74) is 0. The Hall–Kier alpha value is -2.72. The molecule has 0 fully saturated rings. The van der Waals surface area contributed by atoms with Crippen LogP contribution in [-0.2, 0) is 28.8 Å². The summed E-state index contributed by atoms with van der Waals surface area (Å²) < 4.78 is 0. The number of carbonyl (C=O) groups is 6. The first-order valence-corrected chi connectivity index (χ1v) is 3.20. The monoisotopic (exact) mass is 374 g/mol. The van der Waals surface area contributed by atoms with Gasteiger partial charge in [0.2, 0.25) is 0 Å². The van der Waals surface area contributed by atoms with Crippen molar-refractivity contribution in [3.8, 4) is 0 Å². The predicted molar refractivity (Wildman–Crippen MR) is 47.8 cm³/mol. The summed E-state index contributed by atoms with van der Waals surface area (Å²) in [6, 6.07) is 0. The first-order chi connectivity index (χ1) is 7.93. The van der Waals surface area contributed by atoms with Gasteiger partial charge in [0.05, 0.1) is 35.8 Å². The van der Waals surface area contributed by atoms with Crippen LogP contribution in [0.4, 0.5) is 0 Å². The van der Waals surface area contributed by atoms with E-state index in [0.717, 1.165) is 0 Å². The van der Waals surface area contributed by atoms with E-state index in [1.165, 1.54) is 0 Å². The number of carboxylic acid groups (broad SMARTS) is 6. The van der Waals surface area contributed by atoms with Crippen LogP contribution in [0.2, 0.25) is 0 Å². The Morgan fingerprint density at radius 1 is 0.381 bits per heavy atom. The van der Waals surface area contributed by atoms with Gasteiger partial charge in [-0.25, -0.2) is 0 Å². The van der Waals surface area contributed by atoms with Crippen molar-refractivity contribution in [3.63, 3.8) is 0 Å². The van der Waals surface area contributed by atoms with Crippen molar-refractivity contribution in [2.24, 2.45) is 0 Å². The molecule has 0 aliphatic carbocycles. The molecule has 0 spiro atoms. The molecule has 0 aromatic carbocycles. The molecule has 0 saturated heterocycles. The van der Waals surface area contributed by atoms with Gasteiger partial charge in [0.25, 0.3) is 0 Å². The minimum absolute atomic E-state index is 0. The van der Waals surface area contributed by atoms with Crippen molar-refractivity contribution in [1.82, 2.24) is 12.3 Å². The quantitative estimate of drug-likeness (QED) is 0.295. The second kappa shape index (κ2) is 19.6. The number of hydrogen-bond donors (Lipinski definition) is 2. The summed E-state index contributed by atoms with van der Waals surface area (Å²) in [5, 5.41) is 53.6. The zero-order chi connectivity index (χ0) is 15.5. The Morgan fingerprint density at radius 3 is 0.429 bits per heavy atom. The molecule has 0 amide bonds. The van der Waals surface area contributed by atoms with Gasteiger partial charge in [0, 0.05) is 0 Å². The third kappa shape index (κ3) is 46.8. The second-order valence-corrected chi connectivity index (χ2v) is 1.72. The fraction of sp³-hybridized carbons (Fsp3) is 0. The van der Waals surface area contributed by atoms with Crippen LogP contribution >= 0.6 is 0 Å². The molecule has 0 rings (SSSR count). The van der Waals surface area contributed by atoms with Gasteiger partial charge in [0.1, 0.15) is 0 Å². The Kier molecular flexibility index (Phi) is 33.8. The summed E-state index contributed by atoms with van der Waals surface area (Å²) in [7, 11) is 0. The molecule has 15 heteroatoms. The Balaban J connectivity index is -0.0000000375. The minimum atomic E-state index is -2.19. The fourth-order valence-corrected chi connectivity index (χ4v) is 0. The molecule has 0 aliphatic rings. The molecule has 0 heterocycles. The average Bonchev–Trinajstić information content (AvgIpc) is 2.18. The normalized spacial score (nSPS) is 6.29. The van der Waals surface area contributed by atoms with E-state index in [4.69, 9.17) is 59.4 Å². The van der Waals surface area contributed by atoms with Gasteiger partial charge in [0.15, 0.2) is 0 Å². The average molecular weight is 373 g/mol. The summed E-state index contributed by atoms with van der Waals surface area (Å²) in [4.78, 5) is 53.6. The van der Waals surface area contributed by atoms with Gasteiger partial charge in [-0.3, -0.25) is 0 Å². The van der Waals surface area contributed by atoms with Crippen LogP contribution in [0.3, 0.4) is 0 Å². The molecular weight excluding hydrogens is 365 g/mol. The largest absolute Gasteiger partial charge is 4.00 e. The maximum Gasteiger partial charge on any atom is 4.00 e. The van der Waals surface area contributed by atoms with E-state index >= 15 is 0 Å². The molecule has 0 bridgehead atoms. The van der Waals surface area contributed by atoms with Gasteiger partial charge in [-0.15, -0.1) is 0 Å². The summed E-state index contributed by atoms with van der Waals surface area (Å²) in [6.07, 6.45) is 0. The van der Waals surface area contributed by atoms with Gasteiger partial charge in [-0.1, -0.05) is 0 Å². The van der Waals surface area contributed by atoms with Crippen molar-refractivity contribution in [2.45, 2.75) is 0 Å². The maximum absolute atomic E-state index is 8.93. The molecular formula is C6H8GeN2O12. The molecule has 118 valence electrons. The second-order valence-electron chi connectivity index (χ2n) is 1.72. The van der Waals surface area contributed by atoms with Crippen molar-refractivity contribution < 1.29 is 59.4 Å². The van der Waals surface area contributed by atoms with Crippen molar-refractivity contribution in [3.05, 3.63) is 0 Å². The third-order valence-electron chi connectivity index (χ3n) is 0.500. The predicted octanol–water partition coefficient (Wildman–Crippen LogP) is -10.2. The fourth-order valence-electron chi connectivity index (χ4n) is 0. The molecule has 21 heavy (non-hydrogen) atoms. The Morgan fingerprint density at radius 2 is 0.429 bits per heavy atom. The van der Waals surface area contributed by atoms with Gasteiger partial charge in [-0.2, -0.15) is 0 Å². The molecule has 0 aromatic rings. The van der Waals surface area contributed by atoms with Gasteiger partial charge >= 0.3 is 17.6 Å². The first-order valence-electron chi connectivity index (χ1n) is 3.20. The molecule has 0 radical (unpaired) electrons. The molecule has 14 nitrogen and oxygen atoms in total. The van der Waals surface area contributed by atoms with Crippen LogP contribution < -0.4 is 42.9 Å². The molecule has 0 atom stereocenters. The summed E-state index contributed by atoms with van der Waals surface area (Å²) in [6.45, 7) is 0. The number of carbonyl (C=O) groups excluding carboxylic acids is 6. The van der Waals surface area contributed by atoms with E-state index in [0.29, 0.717) is 0 Å². The van der Waals surface area contributed by atoms with E-state index in [-0.39, 0.29) is 29.9 Å². The summed E-state index contributed by atoms with van der Waals surface area (Å²) in [5.74, 6) is -13.1. The SMILES string of the molecule is O=C([O-])C(=O)[O-].O=C([O-])C(=O)[O-].O=C([O-])C(=O)[O-].[Ge+4].[NH4+].[NH4+]. The number of quaternary nitrogens is 2. The van der Waals surface area contributed by atoms with Crippen LogP contribution in [0.25, 0.3) is 0 Å². The first kappa shape index (κ1) is 36.2. The van der Waals surface area contributed by atoms with Gasteiger partial charge in [-0.05, 0) is 0 Å². The smallest absolute Gasteiger partial charge is 0.543 e. The topological polar surface area (TPSA) is 314 Å². The van der Waals surface area contributed by atoms with E-state index in [9.17, 15) is 0 Å². The van der Waals surface area contributed by atoms with Crippen molar-refractivity contribution in [2.75, 3.05) is 0 Å². The molecule has 0 aromatic heterocycles. The standard InChI is InChI=1S/3C2H2O4.Ge.2H3N/c3*3-1(4)2(5)6;;;/h3*(H,3,4)(H,5,6);;2*1H3/q;;;+4;;/p-4. The zero-order valence-electron chi connectivity index (χ0n) is 10.4. The van der Waals surface area contributed by atoms with Crippen molar-refractivity contribution >= 4 is 53.4 Å². The van der Waals surface area contributed by atoms with Crippen LogP contribution in [0.1, 0.15) is 0 Å². The van der Waals surface area contributed by atoms with E-state index < -0.39 is 35.8 Å². The number of hydrogen-bond acceptors (Lipinski definition) is 12. The maximum atomic E-state index is 8.93. The third-order valence-corrected chi connectivity index (χ3v) is 0.500. The van der Waals surface area contributed by atoms with Crippen LogP contribution in [0, 0.1) is 0 Å². The molecule has 0 unspecified atom stereocenters. The molecule has 0 saturated carbocycles. The Bertz CT molecular complexity index is 287. The van der Waals surface area contributed by atoms with E-state index in [1.807, 2.05) is 0 Å². The summed E-state index contributed by atoms with van der Waals surface area (Å²) >= 11 is 0. The molecule has 8 N–H and O–H groups in total. The van der Waals surface area contributed by atoms with Crippen LogP contribution in [-0.4, -0.2) is 53.4 Å². The van der Waals surface area contributed by atoms with Crippen molar-refractivity contribution in [1.29, 1.82) is 0 Å². The van der Waals surface area contributed by atoms with Crippen LogP contribution in [0.5, 0.6) is 0 Å². The van der Waals surface area contributed by atoms with Gasteiger partial charge < -0.3 is 71.7 Å². The van der Waals surface area contributed by atoms with E-state index in [2.05, 4.69) is 0 Å². The Labute approximate surface area is 126 Å².